The molecule has 1 saturated carbocycles. The van der Waals surface area contributed by atoms with Crippen LogP contribution in [0.15, 0.2) is 18.2 Å². The fourth-order valence-electron chi connectivity index (χ4n) is 2.86. The molecule has 19 heavy (non-hydrogen) atoms. The molecule has 104 valence electrons. The zero-order chi connectivity index (χ0) is 14.0. The van der Waals surface area contributed by atoms with Crippen molar-refractivity contribution < 1.29 is 4.79 Å². The minimum Gasteiger partial charge on any atom is -0.398 e. The van der Waals surface area contributed by atoms with Crippen LogP contribution >= 0.6 is 0 Å². The third-order valence-corrected chi connectivity index (χ3v) is 4.27. The van der Waals surface area contributed by atoms with E-state index in [4.69, 9.17) is 5.73 Å². The second-order valence-electron chi connectivity index (χ2n) is 6.35. The van der Waals surface area contributed by atoms with Crippen molar-refractivity contribution in [2.45, 2.75) is 52.5 Å². The summed E-state index contributed by atoms with van der Waals surface area (Å²) in [5, 5.41) is 3.17. The Kier molecular flexibility index (Phi) is 3.83. The van der Waals surface area contributed by atoms with Crippen LogP contribution in [0, 0.1) is 12.3 Å². The van der Waals surface area contributed by atoms with Gasteiger partial charge in [-0.15, -0.1) is 0 Å². The Hall–Kier alpha value is -1.51. The molecule has 0 spiro atoms. The number of carbonyl (C=O) groups excluding carboxylic acids is 1. The molecule has 0 aromatic heterocycles. The Morgan fingerprint density at radius 3 is 2.79 bits per heavy atom. The SMILES string of the molecule is Cc1ccc(N)c(C(=O)NC2CCCCC2(C)C)c1. The van der Waals surface area contributed by atoms with Crippen molar-refractivity contribution in [2.75, 3.05) is 5.73 Å². The van der Waals surface area contributed by atoms with E-state index in [1.807, 2.05) is 19.1 Å². The highest BCUT2D eigenvalue weighted by molar-refractivity contribution is 5.99. The van der Waals surface area contributed by atoms with Gasteiger partial charge in [-0.05, 0) is 37.3 Å². The van der Waals surface area contributed by atoms with Gasteiger partial charge in [0.2, 0.25) is 0 Å². The molecule has 3 heteroatoms. The maximum Gasteiger partial charge on any atom is 0.253 e. The van der Waals surface area contributed by atoms with Crippen LogP contribution in [0.1, 0.15) is 55.5 Å². The summed E-state index contributed by atoms with van der Waals surface area (Å²) in [5.74, 6) is -0.0406. The normalized spacial score (nSPS) is 21.9. The van der Waals surface area contributed by atoms with E-state index in [0.717, 1.165) is 12.0 Å². The lowest BCUT2D eigenvalue weighted by Gasteiger charge is -2.39. The highest BCUT2D eigenvalue weighted by Crippen LogP contribution is 2.35. The zero-order valence-electron chi connectivity index (χ0n) is 12.1. The first kappa shape index (κ1) is 13.9. The van der Waals surface area contributed by atoms with E-state index < -0.39 is 0 Å². The largest absolute Gasteiger partial charge is 0.398 e. The average molecular weight is 260 g/mol. The Morgan fingerprint density at radius 1 is 1.37 bits per heavy atom. The lowest BCUT2D eigenvalue weighted by Crippen LogP contribution is -2.46. The molecular weight excluding hydrogens is 236 g/mol. The summed E-state index contributed by atoms with van der Waals surface area (Å²) in [5.41, 5.74) is 8.28. The number of rotatable bonds is 2. The number of benzene rings is 1. The topological polar surface area (TPSA) is 55.1 Å². The predicted molar refractivity (Wildman–Crippen MR) is 79.1 cm³/mol. The van der Waals surface area contributed by atoms with Crippen molar-refractivity contribution in [2.24, 2.45) is 5.41 Å². The third-order valence-electron chi connectivity index (χ3n) is 4.27. The van der Waals surface area contributed by atoms with Crippen LogP contribution in [0.2, 0.25) is 0 Å². The summed E-state index contributed by atoms with van der Waals surface area (Å²) >= 11 is 0. The van der Waals surface area contributed by atoms with Gasteiger partial charge >= 0.3 is 0 Å². The van der Waals surface area contributed by atoms with Gasteiger partial charge in [0, 0.05) is 11.7 Å². The molecule has 0 aliphatic heterocycles. The minimum atomic E-state index is -0.0406. The van der Waals surface area contributed by atoms with E-state index in [9.17, 15) is 4.79 Å². The second-order valence-corrected chi connectivity index (χ2v) is 6.35. The van der Waals surface area contributed by atoms with Crippen LogP contribution in [0.4, 0.5) is 5.69 Å². The standard InChI is InChI=1S/C16H24N2O/c1-11-7-8-13(17)12(10-11)15(19)18-14-6-4-5-9-16(14,2)3/h7-8,10,14H,4-6,9,17H2,1-3H3,(H,18,19). The van der Waals surface area contributed by atoms with Gasteiger partial charge in [-0.1, -0.05) is 38.3 Å². The van der Waals surface area contributed by atoms with Crippen molar-refractivity contribution >= 4 is 11.6 Å². The van der Waals surface area contributed by atoms with Gasteiger partial charge in [0.15, 0.2) is 0 Å². The monoisotopic (exact) mass is 260 g/mol. The number of amides is 1. The molecule has 0 heterocycles. The fraction of sp³-hybridized carbons (Fsp3) is 0.562. The molecule has 1 atom stereocenters. The van der Waals surface area contributed by atoms with Crippen LogP contribution in [-0.2, 0) is 0 Å². The van der Waals surface area contributed by atoms with Crippen molar-refractivity contribution in [3.8, 4) is 0 Å². The van der Waals surface area contributed by atoms with Crippen molar-refractivity contribution in [1.29, 1.82) is 0 Å². The molecule has 3 N–H and O–H groups in total. The molecule has 1 amide bonds. The Bertz CT molecular complexity index is 480. The summed E-state index contributed by atoms with van der Waals surface area (Å²) < 4.78 is 0. The number of carbonyl (C=O) groups is 1. The maximum atomic E-state index is 12.4. The zero-order valence-corrected chi connectivity index (χ0v) is 12.1. The van der Waals surface area contributed by atoms with Gasteiger partial charge in [-0.3, -0.25) is 4.79 Å². The molecule has 1 aromatic rings. The van der Waals surface area contributed by atoms with Crippen LogP contribution in [0.3, 0.4) is 0 Å². The quantitative estimate of drug-likeness (QED) is 0.802. The number of nitrogens with two attached hydrogens (primary N) is 1. The number of aryl methyl sites for hydroxylation is 1. The summed E-state index contributed by atoms with van der Waals surface area (Å²) in [6, 6.07) is 5.83. The smallest absolute Gasteiger partial charge is 0.253 e. The maximum absolute atomic E-state index is 12.4. The van der Waals surface area contributed by atoms with Gasteiger partial charge in [0.25, 0.3) is 5.91 Å². The Balaban J connectivity index is 2.14. The highest BCUT2D eigenvalue weighted by atomic mass is 16.1. The van der Waals surface area contributed by atoms with Gasteiger partial charge < -0.3 is 11.1 Å². The van der Waals surface area contributed by atoms with E-state index >= 15 is 0 Å². The molecule has 1 aliphatic rings. The number of hydrogen-bond acceptors (Lipinski definition) is 2. The Morgan fingerprint density at radius 2 is 2.11 bits per heavy atom. The van der Waals surface area contributed by atoms with E-state index in [1.54, 1.807) is 6.07 Å². The minimum absolute atomic E-state index is 0.0406. The van der Waals surface area contributed by atoms with Crippen molar-refractivity contribution in [3.05, 3.63) is 29.3 Å². The molecule has 3 nitrogen and oxygen atoms in total. The second kappa shape index (κ2) is 5.24. The molecular formula is C16H24N2O. The average Bonchev–Trinajstić information content (AvgIpc) is 2.34. The number of nitrogen functional groups attached to an aromatic ring is 1. The number of nitrogens with one attached hydrogen (secondary N) is 1. The molecule has 1 fully saturated rings. The van der Waals surface area contributed by atoms with Gasteiger partial charge in [0.1, 0.15) is 0 Å². The molecule has 1 aliphatic carbocycles. The van der Waals surface area contributed by atoms with Crippen LogP contribution < -0.4 is 11.1 Å². The predicted octanol–water partition coefficient (Wildman–Crippen LogP) is 3.28. The summed E-state index contributed by atoms with van der Waals surface area (Å²) in [6.45, 7) is 6.44. The van der Waals surface area contributed by atoms with Crippen molar-refractivity contribution in [3.63, 3.8) is 0 Å². The molecule has 0 bridgehead atoms. The number of hydrogen-bond donors (Lipinski definition) is 2. The first-order valence-corrected chi connectivity index (χ1v) is 7.07. The van der Waals surface area contributed by atoms with E-state index in [1.165, 1.54) is 19.3 Å². The van der Waals surface area contributed by atoms with E-state index in [2.05, 4.69) is 19.2 Å². The van der Waals surface area contributed by atoms with Crippen molar-refractivity contribution in [1.82, 2.24) is 5.32 Å². The molecule has 1 aromatic carbocycles. The summed E-state index contributed by atoms with van der Waals surface area (Å²) in [7, 11) is 0. The molecule has 0 radical (unpaired) electrons. The summed E-state index contributed by atoms with van der Waals surface area (Å²) in [6.07, 6.45) is 4.68. The first-order chi connectivity index (χ1) is 8.90. The van der Waals surface area contributed by atoms with Gasteiger partial charge in [0.05, 0.1) is 5.56 Å². The van der Waals surface area contributed by atoms with Crippen LogP contribution in [-0.4, -0.2) is 11.9 Å². The molecule has 2 rings (SSSR count). The lowest BCUT2D eigenvalue weighted by atomic mass is 9.73. The first-order valence-electron chi connectivity index (χ1n) is 7.07. The number of anilines is 1. The van der Waals surface area contributed by atoms with Crippen LogP contribution in [0.5, 0.6) is 0 Å². The lowest BCUT2D eigenvalue weighted by molar-refractivity contribution is 0.0854. The third kappa shape index (κ3) is 3.09. The van der Waals surface area contributed by atoms with E-state index in [0.29, 0.717) is 11.3 Å². The van der Waals surface area contributed by atoms with Gasteiger partial charge in [-0.25, -0.2) is 0 Å². The molecule has 0 saturated heterocycles. The van der Waals surface area contributed by atoms with Gasteiger partial charge in [-0.2, -0.15) is 0 Å². The fourth-order valence-corrected chi connectivity index (χ4v) is 2.86. The van der Waals surface area contributed by atoms with Crippen LogP contribution in [0.25, 0.3) is 0 Å². The van der Waals surface area contributed by atoms with E-state index in [-0.39, 0.29) is 17.4 Å². The Labute approximate surface area is 115 Å². The summed E-state index contributed by atoms with van der Waals surface area (Å²) in [4.78, 5) is 12.4. The highest BCUT2D eigenvalue weighted by Gasteiger charge is 2.33. The molecule has 1 unspecified atom stereocenters.